The summed E-state index contributed by atoms with van der Waals surface area (Å²) in [6.07, 6.45) is 2.42. The Morgan fingerprint density at radius 1 is 1.38 bits per heavy atom. The number of benzene rings is 1. The molecule has 0 saturated heterocycles. The van der Waals surface area contributed by atoms with Crippen molar-refractivity contribution in [2.75, 3.05) is 0 Å². The van der Waals surface area contributed by atoms with Crippen LogP contribution in [0.1, 0.15) is 51.7 Å². The van der Waals surface area contributed by atoms with Gasteiger partial charge in [0.1, 0.15) is 0 Å². The first-order valence-corrected chi connectivity index (χ1v) is 8.17. The highest BCUT2D eigenvalue weighted by Gasteiger charge is 2.39. The molecule has 2 aromatic rings. The third-order valence-corrected chi connectivity index (χ3v) is 5.08. The Labute approximate surface area is 139 Å². The zero-order chi connectivity index (χ0) is 17.0. The predicted molar refractivity (Wildman–Crippen MR) is 87.3 cm³/mol. The number of aromatic nitrogens is 1. The summed E-state index contributed by atoms with van der Waals surface area (Å²) in [6, 6.07) is 5.66. The Morgan fingerprint density at radius 3 is 2.75 bits per heavy atom. The SMILES string of the molecule is Cc1cc(-c2cc(C(N)=O)no2)cc2c1C(=O)N(C(C)C1CC1)C2. The molecule has 2 amide bonds. The van der Waals surface area contributed by atoms with Crippen LogP contribution in [0.25, 0.3) is 11.3 Å². The highest BCUT2D eigenvalue weighted by molar-refractivity contribution is 6.00. The number of nitrogens with zero attached hydrogens (tertiary/aromatic N) is 2. The van der Waals surface area contributed by atoms with E-state index in [2.05, 4.69) is 12.1 Å². The molecule has 1 aliphatic carbocycles. The van der Waals surface area contributed by atoms with Gasteiger partial charge in [0.2, 0.25) is 0 Å². The smallest absolute Gasteiger partial charge is 0.270 e. The average molecular weight is 325 g/mol. The zero-order valence-electron chi connectivity index (χ0n) is 13.7. The first-order chi connectivity index (χ1) is 11.5. The number of primary amides is 1. The lowest BCUT2D eigenvalue weighted by atomic mass is 9.99. The summed E-state index contributed by atoms with van der Waals surface area (Å²) in [6.45, 7) is 4.68. The van der Waals surface area contributed by atoms with Crippen molar-refractivity contribution >= 4 is 11.8 Å². The summed E-state index contributed by atoms with van der Waals surface area (Å²) in [5.74, 6) is 0.609. The lowest BCUT2D eigenvalue weighted by Gasteiger charge is -2.24. The largest absolute Gasteiger partial charge is 0.364 e. The van der Waals surface area contributed by atoms with E-state index in [4.69, 9.17) is 10.3 Å². The van der Waals surface area contributed by atoms with Gasteiger partial charge < -0.3 is 15.2 Å². The minimum absolute atomic E-state index is 0.100. The highest BCUT2D eigenvalue weighted by Crippen LogP contribution is 2.39. The van der Waals surface area contributed by atoms with Gasteiger partial charge in [-0.2, -0.15) is 0 Å². The Hall–Kier alpha value is -2.63. The number of carbonyl (C=O) groups excluding carboxylic acids is 2. The summed E-state index contributed by atoms with van der Waals surface area (Å²) in [4.78, 5) is 25.9. The monoisotopic (exact) mass is 325 g/mol. The number of fused-ring (bicyclic) bond motifs is 1. The normalized spacial score (nSPS) is 17.9. The third-order valence-electron chi connectivity index (χ3n) is 5.08. The Balaban J connectivity index is 1.70. The number of carbonyl (C=O) groups is 2. The molecular formula is C18H19N3O3. The van der Waals surface area contributed by atoms with E-state index in [9.17, 15) is 9.59 Å². The lowest BCUT2D eigenvalue weighted by molar-refractivity contribution is 0.0697. The molecule has 24 heavy (non-hydrogen) atoms. The van der Waals surface area contributed by atoms with E-state index < -0.39 is 5.91 Å². The maximum absolute atomic E-state index is 12.8. The molecule has 1 aliphatic heterocycles. The van der Waals surface area contributed by atoms with E-state index in [-0.39, 0.29) is 17.6 Å². The van der Waals surface area contributed by atoms with Gasteiger partial charge >= 0.3 is 0 Å². The van der Waals surface area contributed by atoms with Gasteiger partial charge in [0.25, 0.3) is 11.8 Å². The zero-order valence-corrected chi connectivity index (χ0v) is 13.7. The van der Waals surface area contributed by atoms with Crippen LogP contribution in [-0.2, 0) is 6.54 Å². The molecule has 2 heterocycles. The summed E-state index contributed by atoms with van der Waals surface area (Å²) in [7, 11) is 0. The van der Waals surface area contributed by atoms with Crippen molar-refractivity contribution in [2.24, 2.45) is 11.7 Å². The van der Waals surface area contributed by atoms with E-state index in [1.54, 1.807) is 0 Å². The van der Waals surface area contributed by atoms with Gasteiger partial charge in [0.15, 0.2) is 11.5 Å². The molecule has 1 saturated carbocycles. The van der Waals surface area contributed by atoms with Crippen LogP contribution in [0.5, 0.6) is 0 Å². The maximum atomic E-state index is 12.8. The number of amides is 2. The van der Waals surface area contributed by atoms with Gasteiger partial charge in [-0.25, -0.2) is 0 Å². The molecule has 124 valence electrons. The van der Waals surface area contributed by atoms with Gasteiger partial charge in [-0.15, -0.1) is 0 Å². The van der Waals surface area contributed by atoms with Crippen molar-refractivity contribution in [3.63, 3.8) is 0 Å². The van der Waals surface area contributed by atoms with Gasteiger partial charge in [-0.3, -0.25) is 9.59 Å². The fraction of sp³-hybridized carbons (Fsp3) is 0.389. The quantitative estimate of drug-likeness (QED) is 0.935. The molecule has 2 N–H and O–H groups in total. The molecule has 0 radical (unpaired) electrons. The first kappa shape index (κ1) is 14.9. The number of aryl methyl sites for hydroxylation is 1. The minimum Gasteiger partial charge on any atom is -0.364 e. The Morgan fingerprint density at radius 2 is 2.12 bits per heavy atom. The number of hydrogen-bond donors (Lipinski definition) is 1. The van der Waals surface area contributed by atoms with Crippen LogP contribution >= 0.6 is 0 Å². The van der Waals surface area contributed by atoms with Gasteiger partial charge in [-0.05, 0) is 55.9 Å². The van der Waals surface area contributed by atoms with Crippen LogP contribution in [0.4, 0.5) is 0 Å². The molecule has 0 bridgehead atoms. The van der Waals surface area contributed by atoms with Crippen LogP contribution in [0.2, 0.25) is 0 Å². The summed E-state index contributed by atoms with van der Waals surface area (Å²) in [5.41, 5.74) is 8.83. The Kier molecular flexibility index (Phi) is 3.23. The summed E-state index contributed by atoms with van der Waals surface area (Å²) in [5, 5.41) is 3.68. The van der Waals surface area contributed by atoms with Crippen molar-refractivity contribution in [3.8, 4) is 11.3 Å². The second-order valence-corrected chi connectivity index (χ2v) is 6.78. The molecule has 1 fully saturated rings. The van der Waals surface area contributed by atoms with E-state index in [0.717, 1.165) is 22.3 Å². The van der Waals surface area contributed by atoms with Crippen molar-refractivity contribution in [2.45, 2.75) is 39.3 Å². The molecule has 1 aromatic carbocycles. The molecule has 6 nitrogen and oxygen atoms in total. The van der Waals surface area contributed by atoms with Crippen molar-refractivity contribution in [3.05, 3.63) is 40.6 Å². The Bertz CT molecular complexity index is 851. The fourth-order valence-electron chi connectivity index (χ4n) is 3.52. The van der Waals surface area contributed by atoms with Crippen LogP contribution in [0.15, 0.2) is 22.7 Å². The number of rotatable bonds is 4. The van der Waals surface area contributed by atoms with Crippen LogP contribution in [0, 0.1) is 12.8 Å². The van der Waals surface area contributed by atoms with Gasteiger partial charge in [0.05, 0.1) is 0 Å². The minimum atomic E-state index is -0.623. The van der Waals surface area contributed by atoms with E-state index in [1.807, 2.05) is 24.0 Å². The summed E-state index contributed by atoms with van der Waals surface area (Å²) >= 11 is 0. The average Bonchev–Trinajstić information content (AvgIpc) is 3.16. The highest BCUT2D eigenvalue weighted by atomic mass is 16.5. The predicted octanol–water partition coefficient (Wildman–Crippen LogP) is 2.50. The third kappa shape index (κ3) is 2.29. The molecule has 0 spiro atoms. The van der Waals surface area contributed by atoms with Crippen molar-refractivity contribution in [1.29, 1.82) is 0 Å². The molecular weight excluding hydrogens is 306 g/mol. The summed E-state index contributed by atoms with van der Waals surface area (Å²) < 4.78 is 5.23. The van der Waals surface area contributed by atoms with Gasteiger partial charge in [-0.1, -0.05) is 5.16 Å². The van der Waals surface area contributed by atoms with Crippen LogP contribution < -0.4 is 5.73 Å². The maximum Gasteiger partial charge on any atom is 0.270 e. The van der Waals surface area contributed by atoms with Crippen molar-refractivity contribution < 1.29 is 14.1 Å². The van der Waals surface area contributed by atoms with Crippen LogP contribution in [-0.4, -0.2) is 27.9 Å². The molecule has 1 atom stereocenters. The molecule has 6 heteroatoms. The van der Waals surface area contributed by atoms with Crippen LogP contribution in [0.3, 0.4) is 0 Å². The fourth-order valence-corrected chi connectivity index (χ4v) is 3.52. The van der Waals surface area contributed by atoms with E-state index in [0.29, 0.717) is 18.2 Å². The second kappa shape index (κ2) is 5.19. The topological polar surface area (TPSA) is 89.4 Å². The first-order valence-electron chi connectivity index (χ1n) is 8.17. The van der Waals surface area contributed by atoms with Crippen molar-refractivity contribution in [1.82, 2.24) is 10.1 Å². The van der Waals surface area contributed by atoms with Gasteiger partial charge in [0, 0.05) is 29.8 Å². The number of nitrogens with two attached hydrogens (primary N) is 1. The molecule has 1 aromatic heterocycles. The number of hydrogen-bond acceptors (Lipinski definition) is 4. The van der Waals surface area contributed by atoms with E-state index >= 15 is 0 Å². The standard InChI is InChI=1S/C18H19N3O3/c1-9-5-12(15-7-14(17(19)22)20-24-15)6-13-8-21(18(23)16(9)13)10(2)11-3-4-11/h5-7,10-11H,3-4,8H2,1-2H3,(H2,19,22). The molecule has 1 unspecified atom stereocenters. The lowest BCUT2D eigenvalue weighted by Crippen LogP contribution is -2.34. The molecule has 4 rings (SSSR count). The molecule has 2 aliphatic rings. The second-order valence-electron chi connectivity index (χ2n) is 6.78. The van der Waals surface area contributed by atoms with E-state index in [1.165, 1.54) is 18.9 Å².